The molecule has 0 radical (unpaired) electrons. The molecule has 3 aromatic rings. The topological polar surface area (TPSA) is 61.7 Å². The minimum absolute atomic E-state index is 0.398. The number of nitrogens with zero attached hydrogens (tertiary/aromatic N) is 2. The number of hydrogen-bond donors (Lipinski definition) is 1. The normalized spacial score (nSPS) is 11.2. The summed E-state index contributed by atoms with van der Waals surface area (Å²) in [4.78, 5) is 7.65. The summed E-state index contributed by atoms with van der Waals surface area (Å²) in [6.07, 6.45) is 3.45. The van der Waals surface area contributed by atoms with Gasteiger partial charge in [0.05, 0.1) is 16.6 Å². The van der Waals surface area contributed by atoms with Gasteiger partial charge in [0.25, 0.3) is 0 Å². The molecule has 5 heteroatoms. The first-order chi connectivity index (χ1) is 11.7. The average Bonchev–Trinajstić information content (AvgIpc) is 3.02. The van der Waals surface area contributed by atoms with Gasteiger partial charge in [0, 0.05) is 10.0 Å². The first kappa shape index (κ1) is 16.0. The van der Waals surface area contributed by atoms with E-state index < -0.39 is 0 Å². The van der Waals surface area contributed by atoms with Gasteiger partial charge < -0.3 is 9.72 Å². The Morgan fingerprint density at radius 3 is 2.92 bits per heavy atom. The molecule has 0 atom stereocenters. The van der Waals surface area contributed by atoms with E-state index in [1.54, 1.807) is 12.2 Å². The number of fused-ring (bicyclic) bond motifs is 1. The van der Waals surface area contributed by atoms with Gasteiger partial charge in [0.1, 0.15) is 24.3 Å². The smallest absolute Gasteiger partial charge is 0.149 e. The molecule has 0 spiro atoms. The van der Waals surface area contributed by atoms with Crippen LogP contribution >= 0.6 is 15.9 Å². The minimum Gasteiger partial charge on any atom is -0.489 e. The van der Waals surface area contributed by atoms with Crippen molar-refractivity contribution in [1.82, 2.24) is 9.97 Å². The van der Waals surface area contributed by atoms with Crippen LogP contribution in [0.3, 0.4) is 0 Å². The molecule has 1 heterocycles. The van der Waals surface area contributed by atoms with Crippen LogP contribution in [0.25, 0.3) is 22.7 Å². The van der Waals surface area contributed by atoms with Crippen molar-refractivity contribution in [3.05, 3.63) is 71.0 Å². The number of halogens is 1. The molecule has 0 amide bonds. The number of imidazole rings is 1. The fourth-order valence-corrected chi connectivity index (χ4v) is 2.68. The van der Waals surface area contributed by atoms with Gasteiger partial charge in [-0.05, 0) is 36.4 Å². The standard InChI is InChI=1S/C19H14BrN3O/c1-2-9-24-18-8-7-15(20)11-13(18)10-14(12-21)19-22-16-5-3-4-6-17(16)23-19/h2-8,10-11H,1,9H2,(H,22,23)/b14-10+. The Bertz CT molecular complexity index is 933. The number of rotatable bonds is 5. The van der Waals surface area contributed by atoms with Crippen LogP contribution in [-0.4, -0.2) is 16.6 Å². The first-order valence-corrected chi connectivity index (χ1v) is 8.10. The molecule has 118 valence electrons. The van der Waals surface area contributed by atoms with Crippen molar-refractivity contribution in [2.24, 2.45) is 0 Å². The number of nitriles is 1. The summed E-state index contributed by atoms with van der Waals surface area (Å²) >= 11 is 3.45. The summed E-state index contributed by atoms with van der Waals surface area (Å²) in [6.45, 7) is 4.05. The summed E-state index contributed by atoms with van der Waals surface area (Å²) in [7, 11) is 0. The Kier molecular flexibility index (Phi) is 4.78. The molecule has 0 unspecified atom stereocenters. The van der Waals surface area contributed by atoms with Gasteiger partial charge in [0.15, 0.2) is 0 Å². The average molecular weight is 380 g/mol. The molecule has 2 aromatic carbocycles. The van der Waals surface area contributed by atoms with Crippen molar-refractivity contribution in [2.45, 2.75) is 0 Å². The molecule has 0 bridgehead atoms. The van der Waals surface area contributed by atoms with Gasteiger partial charge in [-0.1, -0.05) is 40.7 Å². The molecule has 1 N–H and O–H groups in total. The molecule has 0 saturated heterocycles. The largest absolute Gasteiger partial charge is 0.489 e. The van der Waals surface area contributed by atoms with Crippen molar-refractivity contribution >= 4 is 38.6 Å². The van der Waals surface area contributed by atoms with E-state index in [-0.39, 0.29) is 0 Å². The summed E-state index contributed by atoms with van der Waals surface area (Å²) < 4.78 is 6.56. The third-order valence-corrected chi connectivity index (χ3v) is 3.89. The Morgan fingerprint density at radius 2 is 2.17 bits per heavy atom. The molecule has 0 fully saturated rings. The number of aromatic nitrogens is 2. The summed E-state index contributed by atoms with van der Waals surface area (Å²) in [5.74, 6) is 1.22. The van der Waals surface area contributed by atoms with Crippen molar-refractivity contribution < 1.29 is 4.74 Å². The van der Waals surface area contributed by atoms with Gasteiger partial charge in [-0.15, -0.1) is 0 Å². The van der Waals surface area contributed by atoms with E-state index in [9.17, 15) is 5.26 Å². The van der Waals surface area contributed by atoms with E-state index >= 15 is 0 Å². The Morgan fingerprint density at radius 1 is 1.33 bits per heavy atom. The highest BCUT2D eigenvalue weighted by atomic mass is 79.9. The fourth-order valence-electron chi connectivity index (χ4n) is 2.30. The highest BCUT2D eigenvalue weighted by Gasteiger charge is 2.10. The van der Waals surface area contributed by atoms with E-state index in [0.717, 1.165) is 21.1 Å². The molecule has 0 aliphatic heterocycles. The zero-order valence-corrected chi connectivity index (χ0v) is 14.4. The van der Waals surface area contributed by atoms with Crippen LogP contribution < -0.4 is 4.74 Å². The quantitative estimate of drug-likeness (QED) is 0.503. The lowest BCUT2D eigenvalue weighted by Crippen LogP contribution is -1.95. The SMILES string of the molecule is C=CCOc1ccc(Br)cc1/C=C(\C#N)c1nc2ccccc2[nH]1. The lowest BCUT2D eigenvalue weighted by atomic mass is 10.1. The van der Waals surface area contributed by atoms with Crippen LogP contribution in [0, 0.1) is 11.3 Å². The summed E-state index contributed by atoms with van der Waals surface area (Å²) in [5, 5.41) is 9.56. The summed E-state index contributed by atoms with van der Waals surface area (Å²) in [5.41, 5.74) is 2.95. The highest BCUT2D eigenvalue weighted by Crippen LogP contribution is 2.28. The van der Waals surface area contributed by atoms with Crippen molar-refractivity contribution in [3.63, 3.8) is 0 Å². The van der Waals surface area contributed by atoms with Crippen molar-refractivity contribution in [2.75, 3.05) is 6.61 Å². The number of para-hydroxylation sites is 2. The number of nitrogens with one attached hydrogen (secondary N) is 1. The van der Waals surface area contributed by atoms with Gasteiger partial charge >= 0.3 is 0 Å². The second-order valence-corrected chi connectivity index (χ2v) is 5.97. The third kappa shape index (κ3) is 3.39. The van der Waals surface area contributed by atoms with E-state index in [2.05, 4.69) is 38.5 Å². The van der Waals surface area contributed by atoms with Crippen LogP contribution in [0.15, 0.2) is 59.6 Å². The Labute approximate surface area is 148 Å². The zero-order valence-electron chi connectivity index (χ0n) is 12.8. The van der Waals surface area contributed by atoms with Crippen molar-refractivity contribution in [3.8, 4) is 11.8 Å². The number of allylic oxidation sites excluding steroid dienone is 1. The van der Waals surface area contributed by atoms with Crippen molar-refractivity contribution in [1.29, 1.82) is 5.26 Å². The number of ether oxygens (including phenoxy) is 1. The van der Waals surface area contributed by atoms with E-state index in [1.807, 2.05) is 42.5 Å². The van der Waals surface area contributed by atoms with E-state index in [4.69, 9.17) is 4.74 Å². The highest BCUT2D eigenvalue weighted by molar-refractivity contribution is 9.10. The molecule has 3 rings (SSSR count). The first-order valence-electron chi connectivity index (χ1n) is 7.31. The van der Waals surface area contributed by atoms with Crippen LogP contribution in [0.5, 0.6) is 5.75 Å². The molecular weight excluding hydrogens is 366 g/mol. The second kappa shape index (κ2) is 7.16. The van der Waals surface area contributed by atoms with Gasteiger partial charge in [0.2, 0.25) is 0 Å². The number of benzene rings is 2. The van der Waals surface area contributed by atoms with Crippen LogP contribution in [0.2, 0.25) is 0 Å². The molecular formula is C19H14BrN3O. The molecule has 0 aliphatic rings. The predicted octanol–water partition coefficient (Wildman–Crippen LogP) is 4.95. The minimum atomic E-state index is 0.398. The fraction of sp³-hybridized carbons (Fsp3) is 0.0526. The van der Waals surface area contributed by atoms with E-state index in [1.165, 1.54) is 0 Å². The molecule has 0 saturated carbocycles. The van der Waals surface area contributed by atoms with Crippen LogP contribution in [0.1, 0.15) is 11.4 Å². The maximum atomic E-state index is 9.56. The van der Waals surface area contributed by atoms with Gasteiger partial charge in [-0.25, -0.2) is 4.98 Å². The predicted molar refractivity (Wildman–Crippen MR) is 99.4 cm³/mol. The molecule has 0 aliphatic carbocycles. The molecule has 1 aromatic heterocycles. The maximum absolute atomic E-state index is 9.56. The summed E-state index contributed by atoms with van der Waals surface area (Å²) in [6, 6.07) is 15.5. The van der Waals surface area contributed by atoms with Crippen LogP contribution in [0.4, 0.5) is 0 Å². The molecule has 4 nitrogen and oxygen atoms in total. The number of H-pyrrole nitrogens is 1. The maximum Gasteiger partial charge on any atom is 0.149 e. The van der Waals surface area contributed by atoms with E-state index in [0.29, 0.717) is 23.8 Å². The van der Waals surface area contributed by atoms with Gasteiger partial charge in [-0.3, -0.25) is 0 Å². The lowest BCUT2D eigenvalue weighted by molar-refractivity contribution is 0.362. The number of hydrogen-bond acceptors (Lipinski definition) is 3. The third-order valence-electron chi connectivity index (χ3n) is 3.39. The Balaban J connectivity index is 2.06. The monoisotopic (exact) mass is 379 g/mol. The molecule has 24 heavy (non-hydrogen) atoms. The zero-order chi connectivity index (χ0) is 16.9. The number of aromatic amines is 1. The lowest BCUT2D eigenvalue weighted by Gasteiger charge is -2.08. The Hall–Kier alpha value is -2.84. The second-order valence-electron chi connectivity index (χ2n) is 5.05. The van der Waals surface area contributed by atoms with Crippen LogP contribution in [-0.2, 0) is 0 Å². The van der Waals surface area contributed by atoms with Gasteiger partial charge in [-0.2, -0.15) is 5.26 Å².